The van der Waals surface area contributed by atoms with Crippen LogP contribution in [-0.4, -0.2) is 58.6 Å². The number of carbonyl (C=O) groups is 2. The van der Waals surface area contributed by atoms with Crippen LogP contribution in [0.1, 0.15) is 36.3 Å². The van der Waals surface area contributed by atoms with Crippen LogP contribution in [0.3, 0.4) is 0 Å². The van der Waals surface area contributed by atoms with Gasteiger partial charge in [0.1, 0.15) is 12.4 Å². The molecule has 0 radical (unpaired) electrons. The number of carbonyl (C=O) groups excluding carboxylic acids is 2. The summed E-state index contributed by atoms with van der Waals surface area (Å²) in [6.45, 7) is 0.230. The average molecular weight is 435 g/mol. The van der Waals surface area contributed by atoms with Crippen molar-refractivity contribution in [3.8, 4) is 0 Å². The number of allylic oxidation sites excluding steroid dienone is 2. The van der Waals surface area contributed by atoms with Crippen LogP contribution in [0.25, 0.3) is 5.57 Å². The first-order valence-corrected chi connectivity index (χ1v) is 11.1. The molecule has 3 atom stereocenters. The van der Waals surface area contributed by atoms with Gasteiger partial charge in [-0.1, -0.05) is 30.3 Å². The highest BCUT2D eigenvalue weighted by atomic mass is 19.1. The summed E-state index contributed by atoms with van der Waals surface area (Å²) in [6, 6.07) is 13.1. The molecule has 166 valence electrons. The van der Waals surface area contributed by atoms with Gasteiger partial charge in [0.25, 0.3) is 0 Å². The zero-order valence-corrected chi connectivity index (χ0v) is 17.7. The number of anilines is 1. The number of amides is 3. The highest BCUT2D eigenvalue weighted by molar-refractivity contribution is 5.93. The average Bonchev–Trinajstić information content (AvgIpc) is 3.32. The van der Waals surface area contributed by atoms with Gasteiger partial charge in [0.05, 0.1) is 18.7 Å². The Morgan fingerprint density at radius 2 is 1.88 bits per heavy atom. The van der Waals surface area contributed by atoms with Crippen molar-refractivity contribution in [1.82, 2.24) is 9.80 Å². The van der Waals surface area contributed by atoms with Gasteiger partial charge >= 0.3 is 6.03 Å². The third-order valence-corrected chi connectivity index (χ3v) is 6.84. The lowest BCUT2D eigenvalue weighted by molar-refractivity contribution is -0.159. The molecule has 2 aliphatic heterocycles. The molecule has 2 heterocycles. The number of nitrogens with zero attached hydrogens (tertiary/aromatic N) is 2. The lowest BCUT2D eigenvalue weighted by atomic mass is 9.73. The predicted molar refractivity (Wildman–Crippen MR) is 120 cm³/mol. The molecule has 32 heavy (non-hydrogen) atoms. The summed E-state index contributed by atoms with van der Waals surface area (Å²) in [5, 5.41) is 12.7. The number of hydrogen-bond acceptors (Lipinski definition) is 3. The monoisotopic (exact) mass is 435 g/mol. The van der Waals surface area contributed by atoms with Crippen LogP contribution in [0.15, 0.2) is 54.6 Å². The van der Waals surface area contributed by atoms with Crippen molar-refractivity contribution in [2.75, 3.05) is 25.0 Å². The zero-order chi connectivity index (χ0) is 22.2. The van der Waals surface area contributed by atoms with Crippen LogP contribution < -0.4 is 5.32 Å². The second-order valence-corrected chi connectivity index (χ2v) is 8.71. The van der Waals surface area contributed by atoms with Crippen LogP contribution in [-0.2, 0) is 4.79 Å². The summed E-state index contributed by atoms with van der Waals surface area (Å²) in [4.78, 5) is 28.7. The van der Waals surface area contributed by atoms with E-state index in [0.29, 0.717) is 12.2 Å². The number of aliphatic hydroxyl groups is 1. The van der Waals surface area contributed by atoms with Gasteiger partial charge in [0.2, 0.25) is 5.91 Å². The van der Waals surface area contributed by atoms with Crippen LogP contribution in [0.2, 0.25) is 0 Å². The first-order valence-electron chi connectivity index (χ1n) is 11.1. The van der Waals surface area contributed by atoms with Crippen LogP contribution in [0.5, 0.6) is 0 Å². The number of piperazine rings is 1. The van der Waals surface area contributed by atoms with Gasteiger partial charge < -0.3 is 20.2 Å². The van der Waals surface area contributed by atoms with Gasteiger partial charge in [-0.25, -0.2) is 9.18 Å². The molecule has 2 fully saturated rings. The Hall–Kier alpha value is -3.19. The van der Waals surface area contributed by atoms with Crippen LogP contribution >= 0.6 is 0 Å². The Kier molecular flexibility index (Phi) is 5.43. The Morgan fingerprint density at radius 3 is 2.53 bits per heavy atom. The maximum Gasteiger partial charge on any atom is 0.322 e. The SMILES string of the molecule is O=C(Nc1ccc(F)cc1)N1CC(=O)N2[C@H](CO)[C@H](c3ccc(C4=CCCC4)cc3)[C@H]2C1. The number of halogens is 1. The third kappa shape index (κ3) is 3.66. The van der Waals surface area contributed by atoms with Crippen molar-refractivity contribution in [3.63, 3.8) is 0 Å². The molecule has 6 nitrogen and oxygen atoms in total. The van der Waals surface area contributed by atoms with Crippen molar-refractivity contribution in [2.24, 2.45) is 0 Å². The molecular formula is C25H26FN3O3. The molecule has 2 N–H and O–H groups in total. The number of rotatable bonds is 4. The Labute approximate surface area is 186 Å². The summed E-state index contributed by atoms with van der Waals surface area (Å²) in [5.41, 5.74) is 4.15. The zero-order valence-electron chi connectivity index (χ0n) is 17.7. The summed E-state index contributed by atoms with van der Waals surface area (Å²) < 4.78 is 13.1. The second-order valence-electron chi connectivity index (χ2n) is 8.71. The summed E-state index contributed by atoms with van der Waals surface area (Å²) in [6.07, 6.45) is 5.71. The van der Waals surface area contributed by atoms with E-state index < -0.39 is 0 Å². The number of nitrogens with one attached hydrogen (secondary N) is 1. The van der Waals surface area contributed by atoms with E-state index in [1.54, 1.807) is 4.90 Å². The number of benzene rings is 2. The molecule has 2 aromatic rings. The summed E-state index contributed by atoms with van der Waals surface area (Å²) in [7, 11) is 0. The maximum absolute atomic E-state index is 13.1. The Bertz CT molecular complexity index is 1050. The van der Waals surface area contributed by atoms with Gasteiger partial charge in [0.15, 0.2) is 0 Å². The fraction of sp³-hybridized carbons (Fsp3) is 0.360. The predicted octanol–water partition coefficient (Wildman–Crippen LogP) is 3.60. The molecule has 0 spiro atoms. The van der Waals surface area contributed by atoms with Crippen molar-refractivity contribution in [2.45, 2.75) is 37.3 Å². The van der Waals surface area contributed by atoms with Gasteiger partial charge in [-0.05, 0) is 60.2 Å². The molecule has 2 saturated heterocycles. The fourth-order valence-electron chi connectivity index (χ4n) is 5.24. The van der Waals surface area contributed by atoms with Gasteiger partial charge in [-0.2, -0.15) is 0 Å². The molecule has 3 aliphatic rings. The van der Waals surface area contributed by atoms with Crippen molar-refractivity contribution in [1.29, 1.82) is 0 Å². The number of hydrogen-bond donors (Lipinski definition) is 2. The Morgan fingerprint density at radius 1 is 1.12 bits per heavy atom. The van der Waals surface area contributed by atoms with Crippen LogP contribution in [0, 0.1) is 5.82 Å². The van der Waals surface area contributed by atoms with E-state index in [2.05, 4.69) is 35.7 Å². The lowest BCUT2D eigenvalue weighted by Gasteiger charge is -2.58. The first-order chi connectivity index (χ1) is 15.5. The standard InChI is InChI=1S/C25H26FN3O3/c26-19-9-11-20(12-10-19)27-25(32)28-13-21-24(22(15-30)29(21)23(31)14-28)18-7-5-17(6-8-18)16-3-1-2-4-16/h3,5-12,21-22,24,30H,1-2,4,13-15H2,(H,27,32)/t21-,22-,24-/m1/s1. The first kappa shape index (κ1) is 20.7. The molecule has 3 amide bonds. The number of fused-ring (bicyclic) bond motifs is 1. The van der Waals surface area contributed by atoms with Crippen molar-refractivity contribution in [3.05, 3.63) is 71.6 Å². The minimum absolute atomic E-state index is 0.0306. The summed E-state index contributed by atoms with van der Waals surface area (Å²) in [5.74, 6) is -0.579. The lowest BCUT2D eigenvalue weighted by Crippen LogP contribution is -2.73. The molecule has 0 unspecified atom stereocenters. The molecule has 0 bridgehead atoms. The maximum atomic E-state index is 13.1. The molecule has 5 rings (SSSR count). The van der Waals surface area contributed by atoms with E-state index in [4.69, 9.17) is 0 Å². The van der Waals surface area contributed by atoms with E-state index in [9.17, 15) is 19.1 Å². The highest BCUT2D eigenvalue weighted by Gasteiger charge is 2.54. The van der Waals surface area contributed by atoms with E-state index in [0.717, 1.165) is 18.4 Å². The topological polar surface area (TPSA) is 72.9 Å². The molecule has 0 aromatic heterocycles. The number of aliphatic hydroxyl groups excluding tert-OH is 1. The fourth-order valence-corrected chi connectivity index (χ4v) is 5.24. The molecule has 2 aromatic carbocycles. The van der Waals surface area contributed by atoms with E-state index in [1.165, 1.54) is 46.7 Å². The normalized spacial score (nSPS) is 24.6. The molecule has 7 heteroatoms. The van der Waals surface area contributed by atoms with Gasteiger partial charge in [-0.15, -0.1) is 0 Å². The van der Waals surface area contributed by atoms with E-state index in [-0.39, 0.29) is 48.9 Å². The van der Waals surface area contributed by atoms with Gasteiger partial charge in [0, 0.05) is 18.2 Å². The number of urea groups is 1. The quantitative estimate of drug-likeness (QED) is 0.771. The van der Waals surface area contributed by atoms with Crippen molar-refractivity contribution >= 4 is 23.2 Å². The largest absolute Gasteiger partial charge is 0.394 e. The second kappa shape index (κ2) is 8.39. The van der Waals surface area contributed by atoms with Crippen molar-refractivity contribution < 1.29 is 19.1 Å². The Balaban J connectivity index is 1.32. The smallest absolute Gasteiger partial charge is 0.322 e. The van der Waals surface area contributed by atoms with E-state index >= 15 is 0 Å². The highest BCUT2D eigenvalue weighted by Crippen LogP contribution is 2.43. The minimum Gasteiger partial charge on any atom is -0.394 e. The molecular weight excluding hydrogens is 409 g/mol. The van der Waals surface area contributed by atoms with Gasteiger partial charge in [-0.3, -0.25) is 4.79 Å². The third-order valence-electron chi connectivity index (χ3n) is 6.84. The molecule has 0 saturated carbocycles. The van der Waals surface area contributed by atoms with E-state index in [1.807, 2.05) is 0 Å². The van der Waals surface area contributed by atoms with Crippen LogP contribution in [0.4, 0.5) is 14.9 Å². The molecule has 1 aliphatic carbocycles. The summed E-state index contributed by atoms with van der Waals surface area (Å²) >= 11 is 0. The minimum atomic E-state index is -0.390.